The summed E-state index contributed by atoms with van der Waals surface area (Å²) in [5.74, 6) is 0.0289. The summed E-state index contributed by atoms with van der Waals surface area (Å²) in [4.78, 5) is 12.3. The van der Waals surface area contributed by atoms with Gasteiger partial charge in [-0.3, -0.25) is 4.79 Å². The van der Waals surface area contributed by atoms with Gasteiger partial charge in [0.2, 0.25) is 0 Å². The molecule has 0 N–H and O–H groups in total. The summed E-state index contributed by atoms with van der Waals surface area (Å²) in [6.45, 7) is 4.11. The third-order valence-electron chi connectivity index (χ3n) is 4.58. The van der Waals surface area contributed by atoms with Crippen molar-refractivity contribution in [1.29, 1.82) is 0 Å². The predicted molar refractivity (Wildman–Crippen MR) is 73.3 cm³/mol. The minimum absolute atomic E-state index is 0.0171. The molecule has 1 atom stereocenters. The Balaban J connectivity index is 1.91. The van der Waals surface area contributed by atoms with Gasteiger partial charge >= 0.3 is 5.97 Å². The second-order valence-corrected chi connectivity index (χ2v) is 6.19. The molecule has 0 amide bonds. The molecule has 1 fully saturated rings. The Kier molecular flexibility index (Phi) is 4.47. The summed E-state index contributed by atoms with van der Waals surface area (Å²) in [5, 5.41) is 0. The highest BCUT2D eigenvalue weighted by Gasteiger charge is 2.37. The van der Waals surface area contributed by atoms with E-state index < -0.39 is 0 Å². The van der Waals surface area contributed by atoms with E-state index in [1.807, 2.05) is 6.92 Å². The van der Waals surface area contributed by atoms with Crippen LogP contribution in [0, 0.1) is 5.41 Å². The Morgan fingerprint density at radius 3 is 2.56 bits per heavy atom. The minimum atomic E-state index is -0.220. The van der Waals surface area contributed by atoms with Crippen LogP contribution in [0.4, 0.5) is 0 Å². The van der Waals surface area contributed by atoms with E-state index in [0.29, 0.717) is 0 Å². The van der Waals surface area contributed by atoms with Crippen LogP contribution in [0.3, 0.4) is 0 Å². The Bertz CT molecular complexity index is 324. The number of carbonyl (C=O) groups excluding carboxylic acids is 1. The molecule has 2 aliphatic rings. The van der Waals surface area contributed by atoms with Crippen LogP contribution in [0.1, 0.15) is 71.6 Å². The first-order valence-electron chi connectivity index (χ1n) is 7.52. The van der Waals surface area contributed by atoms with E-state index in [1.165, 1.54) is 37.7 Å². The lowest BCUT2D eigenvalue weighted by Gasteiger charge is -2.33. The van der Waals surface area contributed by atoms with Gasteiger partial charge in [-0.05, 0) is 57.9 Å². The van der Waals surface area contributed by atoms with E-state index in [0.717, 1.165) is 25.7 Å². The molecule has 0 aliphatic heterocycles. The van der Waals surface area contributed by atoms with E-state index in [1.54, 1.807) is 0 Å². The van der Waals surface area contributed by atoms with Crippen LogP contribution < -0.4 is 0 Å². The lowest BCUT2D eigenvalue weighted by molar-refractivity contribution is -0.160. The van der Waals surface area contributed by atoms with Crippen LogP contribution in [0.15, 0.2) is 11.6 Å². The number of hydrogen-bond donors (Lipinski definition) is 0. The van der Waals surface area contributed by atoms with Crippen molar-refractivity contribution >= 4 is 5.97 Å². The molecule has 1 saturated carbocycles. The predicted octanol–water partition coefficient (Wildman–Crippen LogP) is 4.39. The minimum Gasteiger partial charge on any atom is -0.458 e. The third-order valence-corrected chi connectivity index (χ3v) is 4.58. The SMILES string of the molecule is CC(OC(=O)C1(C)CCCCC1)C1=CCCCC1. The second-order valence-electron chi connectivity index (χ2n) is 6.19. The molecule has 0 radical (unpaired) electrons. The van der Waals surface area contributed by atoms with Gasteiger partial charge in [0, 0.05) is 0 Å². The summed E-state index contributed by atoms with van der Waals surface area (Å²) in [6.07, 6.45) is 12.6. The van der Waals surface area contributed by atoms with Gasteiger partial charge in [-0.1, -0.05) is 25.3 Å². The highest BCUT2D eigenvalue weighted by Crippen LogP contribution is 2.37. The van der Waals surface area contributed by atoms with Gasteiger partial charge in [-0.15, -0.1) is 0 Å². The number of carbonyl (C=O) groups is 1. The molecular formula is C16H26O2. The molecule has 102 valence electrons. The van der Waals surface area contributed by atoms with E-state index in [2.05, 4.69) is 13.0 Å². The zero-order valence-corrected chi connectivity index (χ0v) is 11.8. The summed E-state index contributed by atoms with van der Waals surface area (Å²) in [5.41, 5.74) is 1.11. The van der Waals surface area contributed by atoms with Crippen molar-refractivity contribution < 1.29 is 9.53 Å². The quantitative estimate of drug-likeness (QED) is 0.548. The molecule has 0 aromatic rings. The lowest BCUT2D eigenvalue weighted by Crippen LogP contribution is -2.34. The van der Waals surface area contributed by atoms with Gasteiger partial charge in [0.1, 0.15) is 6.10 Å². The fraction of sp³-hybridized carbons (Fsp3) is 0.812. The smallest absolute Gasteiger partial charge is 0.312 e. The van der Waals surface area contributed by atoms with Crippen molar-refractivity contribution in [3.05, 3.63) is 11.6 Å². The van der Waals surface area contributed by atoms with Crippen molar-refractivity contribution in [3.63, 3.8) is 0 Å². The van der Waals surface area contributed by atoms with Crippen molar-refractivity contribution in [2.75, 3.05) is 0 Å². The van der Waals surface area contributed by atoms with Crippen molar-refractivity contribution in [3.8, 4) is 0 Å². The maximum atomic E-state index is 12.3. The molecule has 0 saturated heterocycles. The topological polar surface area (TPSA) is 26.3 Å². The van der Waals surface area contributed by atoms with Crippen LogP contribution in [-0.2, 0) is 9.53 Å². The Morgan fingerprint density at radius 1 is 1.22 bits per heavy atom. The average molecular weight is 250 g/mol. The lowest BCUT2D eigenvalue weighted by atomic mass is 9.76. The Labute approximate surface area is 111 Å². The van der Waals surface area contributed by atoms with Crippen LogP contribution in [-0.4, -0.2) is 12.1 Å². The maximum absolute atomic E-state index is 12.3. The normalized spacial score (nSPS) is 25.1. The third kappa shape index (κ3) is 3.15. The molecule has 0 spiro atoms. The van der Waals surface area contributed by atoms with Gasteiger partial charge in [0.15, 0.2) is 0 Å². The zero-order chi connectivity index (χ0) is 13.0. The van der Waals surface area contributed by atoms with Crippen molar-refractivity contribution in [2.45, 2.75) is 77.7 Å². The molecule has 0 aromatic carbocycles. The summed E-state index contributed by atoms with van der Waals surface area (Å²) in [7, 11) is 0. The first kappa shape index (κ1) is 13.6. The monoisotopic (exact) mass is 250 g/mol. The van der Waals surface area contributed by atoms with Crippen LogP contribution in [0.25, 0.3) is 0 Å². The number of ether oxygens (including phenoxy) is 1. The fourth-order valence-corrected chi connectivity index (χ4v) is 3.15. The van der Waals surface area contributed by atoms with E-state index in [9.17, 15) is 4.79 Å². The van der Waals surface area contributed by atoms with Crippen LogP contribution >= 0.6 is 0 Å². The number of hydrogen-bond acceptors (Lipinski definition) is 2. The summed E-state index contributed by atoms with van der Waals surface area (Å²) in [6, 6.07) is 0. The molecule has 18 heavy (non-hydrogen) atoms. The highest BCUT2D eigenvalue weighted by molar-refractivity contribution is 5.76. The molecule has 2 nitrogen and oxygen atoms in total. The molecule has 0 heterocycles. The molecule has 1 unspecified atom stereocenters. The average Bonchev–Trinajstić information content (AvgIpc) is 2.40. The van der Waals surface area contributed by atoms with E-state index in [4.69, 9.17) is 4.74 Å². The van der Waals surface area contributed by atoms with Crippen molar-refractivity contribution in [2.24, 2.45) is 5.41 Å². The summed E-state index contributed by atoms with van der Waals surface area (Å²) < 4.78 is 5.73. The Morgan fingerprint density at radius 2 is 1.94 bits per heavy atom. The Hall–Kier alpha value is -0.790. The number of rotatable bonds is 3. The van der Waals surface area contributed by atoms with Gasteiger partial charge in [-0.2, -0.15) is 0 Å². The molecular weight excluding hydrogens is 224 g/mol. The van der Waals surface area contributed by atoms with Crippen LogP contribution in [0.5, 0.6) is 0 Å². The van der Waals surface area contributed by atoms with E-state index >= 15 is 0 Å². The van der Waals surface area contributed by atoms with Gasteiger partial charge in [0.05, 0.1) is 5.41 Å². The van der Waals surface area contributed by atoms with E-state index in [-0.39, 0.29) is 17.5 Å². The molecule has 2 aliphatic carbocycles. The summed E-state index contributed by atoms with van der Waals surface area (Å²) >= 11 is 0. The molecule has 0 bridgehead atoms. The number of allylic oxidation sites excluding steroid dienone is 1. The van der Waals surface area contributed by atoms with Crippen LogP contribution in [0.2, 0.25) is 0 Å². The number of esters is 1. The fourth-order valence-electron chi connectivity index (χ4n) is 3.15. The zero-order valence-electron chi connectivity index (χ0n) is 11.8. The second kappa shape index (κ2) is 5.90. The first-order chi connectivity index (χ1) is 8.62. The van der Waals surface area contributed by atoms with Gasteiger partial charge in [0.25, 0.3) is 0 Å². The maximum Gasteiger partial charge on any atom is 0.312 e. The first-order valence-corrected chi connectivity index (χ1v) is 7.52. The largest absolute Gasteiger partial charge is 0.458 e. The standard InChI is InChI=1S/C16H26O2/c1-13(14-9-5-3-6-10-14)18-15(17)16(2)11-7-4-8-12-16/h9,13H,3-8,10-12H2,1-2H3. The highest BCUT2D eigenvalue weighted by atomic mass is 16.5. The van der Waals surface area contributed by atoms with Gasteiger partial charge < -0.3 is 4.74 Å². The molecule has 0 aromatic heterocycles. The van der Waals surface area contributed by atoms with Gasteiger partial charge in [-0.25, -0.2) is 0 Å². The molecule has 2 rings (SSSR count). The van der Waals surface area contributed by atoms with Crippen molar-refractivity contribution in [1.82, 2.24) is 0 Å². The molecule has 2 heteroatoms.